The summed E-state index contributed by atoms with van der Waals surface area (Å²) in [5.41, 5.74) is 2.67. The zero-order valence-electron chi connectivity index (χ0n) is 16.2. The predicted octanol–water partition coefficient (Wildman–Crippen LogP) is 4.40. The third-order valence-corrected chi connectivity index (χ3v) is 3.95. The van der Waals surface area contributed by atoms with Gasteiger partial charge in [-0.25, -0.2) is 4.79 Å². The normalized spacial score (nSPS) is 11.6. The van der Waals surface area contributed by atoms with Crippen LogP contribution in [-0.4, -0.2) is 24.6 Å². The monoisotopic (exact) mass is 379 g/mol. The van der Waals surface area contributed by atoms with Crippen LogP contribution in [0.15, 0.2) is 67.3 Å². The van der Waals surface area contributed by atoms with E-state index in [1.807, 2.05) is 36.4 Å². The van der Waals surface area contributed by atoms with Crippen molar-refractivity contribution in [1.82, 2.24) is 0 Å². The molecule has 0 aliphatic carbocycles. The average Bonchev–Trinajstić information content (AvgIpc) is 2.72. The van der Waals surface area contributed by atoms with Crippen molar-refractivity contribution in [3.8, 4) is 5.75 Å². The summed E-state index contributed by atoms with van der Waals surface area (Å²) in [6.07, 6.45) is 4.60. The Labute approximate surface area is 165 Å². The Morgan fingerprint density at radius 1 is 1.11 bits per heavy atom. The minimum absolute atomic E-state index is 0.380. The van der Waals surface area contributed by atoms with Crippen molar-refractivity contribution in [3.05, 3.63) is 78.4 Å². The molecular formula is C23H25NO4. The quantitative estimate of drug-likeness (QED) is 0.398. The van der Waals surface area contributed by atoms with Crippen LogP contribution in [-0.2, 0) is 20.7 Å². The Hall–Kier alpha value is -3.34. The number of aryl methyl sites for hydroxylation is 1. The van der Waals surface area contributed by atoms with Crippen molar-refractivity contribution in [1.29, 1.82) is 0 Å². The van der Waals surface area contributed by atoms with E-state index in [4.69, 9.17) is 9.47 Å². The van der Waals surface area contributed by atoms with Crippen LogP contribution in [0, 0.1) is 0 Å². The molecule has 1 atom stereocenters. The third-order valence-electron chi connectivity index (χ3n) is 3.95. The molecule has 2 rings (SSSR count). The first-order chi connectivity index (χ1) is 13.5. The van der Waals surface area contributed by atoms with Crippen molar-refractivity contribution >= 4 is 23.6 Å². The Bertz CT molecular complexity index is 823. The van der Waals surface area contributed by atoms with Gasteiger partial charge in [0.15, 0.2) is 6.10 Å². The molecular weight excluding hydrogens is 354 g/mol. The minimum atomic E-state index is -0.905. The van der Waals surface area contributed by atoms with Crippen LogP contribution < -0.4 is 10.1 Å². The first kappa shape index (κ1) is 21.0. The smallest absolute Gasteiger partial charge is 0.331 e. The summed E-state index contributed by atoms with van der Waals surface area (Å²) in [6.45, 7) is 7.63. The van der Waals surface area contributed by atoms with Gasteiger partial charge in [-0.3, -0.25) is 4.79 Å². The van der Waals surface area contributed by atoms with Crippen LogP contribution in [0.2, 0.25) is 0 Å². The minimum Gasteiger partial charge on any atom is -0.490 e. The molecule has 0 unspecified atom stereocenters. The maximum absolute atomic E-state index is 12.2. The fraction of sp³-hybridized carbons (Fsp3) is 0.217. The molecule has 0 saturated carbocycles. The zero-order valence-corrected chi connectivity index (χ0v) is 16.2. The highest BCUT2D eigenvalue weighted by atomic mass is 16.5. The number of hydrogen-bond donors (Lipinski definition) is 1. The van der Waals surface area contributed by atoms with Gasteiger partial charge in [0.05, 0.1) is 0 Å². The SMILES string of the molecule is C=CCOc1ccc(/C=C/C(=O)O[C@@H](C)C(=O)Nc2ccc(CC)cc2)cc1. The van der Waals surface area contributed by atoms with Gasteiger partial charge < -0.3 is 14.8 Å². The van der Waals surface area contributed by atoms with Crippen LogP contribution in [0.4, 0.5) is 5.69 Å². The van der Waals surface area contributed by atoms with Gasteiger partial charge in [0, 0.05) is 11.8 Å². The maximum Gasteiger partial charge on any atom is 0.331 e. The highest BCUT2D eigenvalue weighted by molar-refractivity contribution is 5.96. The maximum atomic E-state index is 12.2. The molecule has 1 amide bonds. The van der Waals surface area contributed by atoms with Gasteiger partial charge in [0.25, 0.3) is 5.91 Å². The van der Waals surface area contributed by atoms with E-state index in [1.165, 1.54) is 18.6 Å². The summed E-state index contributed by atoms with van der Waals surface area (Å²) < 4.78 is 10.6. The van der Waals surface area contributed by atoms with E-state index in [1.54, 1.807) is 24.3 Å². The van der Waals surface area contributed by atoms with E-state index < -0.39 is 12.1 Å². The number of amides is 1. The Morgan fingerprint density at radius 2 is 1.79 bits per heavy atom. The summed E-state index contributed by atoms with van der Waals surface area (Å²) in [7, 11) is 0. The Balaban J connectivity index is 1.84. The van der Waals surface area contributed by atoms with Gasteiger partial charge in [0.2, 0.25) is 0 Å². The van der Waals surface area contributed by atoms with Gasteiger partial charge in [-0.1, -0.05) is 43.8 Å². The van der Waals surface area contributed by atoms with Crippen LogP contribution in [0.25, 0.3) is 6.08 Å². The number of carbonyl (C=O) groups excluding carboxylic acids is 2. The number of rotatable bonds is 9. The standard InChI is InChI=1S/C23H25NO4/c1-4-16-27-21-13-8-19(9-14-21)10-15-22(25)28-17(3)23(26)24-20-11-6-18(5-2)7-12-20/h4,6-15,17H,1,5,16H2,2-3H3,(H,24,26)/b15-10+/t17-/m0/s1. The van der Waals surface area contributed by atoms with E-state index in [2.05, 4.69) is 18.8 Å². The molecule has 1 N–H and O–H groups in total. The lowest BCUT2D eigenvalue weighted by molar-refractivity contribution is -0.148. The second-order valence-electron chi connectivity index (χ2n) is 6.12. The second-order valence-corrected chi connectivity index (χ2v) is 6.12. The molecule has 0 aliphatic heterocycles. The zero-order chi connectivity index (χ0) is 20.4. The topological polar surface area (TPSA) is 64.6 Å². The number of esters is 1. The summed E-state index contributed by atoms with van der Waals surface area (Å²) >= 11 is 0. The summed E-state index contributed by atoms with van der Waals surface area (Å²) in [6, 6.07) is 14.8. The highest BCUT2D eigenvalue weighted by Gasteiger charge is 2.16. The predicted molar refractivity (Wildman–Crippen MR) is 111 cm³/mol. The summed E-state index contributed by atoms with van der Waals surface area (Å²) in [5.74, 6) is -0.248. The molecule has 5 nitrogen and oxygen atoms in total. The molecule has 146 valence electrons. The van der Waals surface area contributed by atoms with Gasteiger partial charge in [-0.2, -0.15) is 0 Å². The number of benzene rings is 2. The van der Waals surface area contributed by atoms with E-state index in [9.17, 15) is 9.59 Å². The number of nitrogens with one attached hydrogen (secondary N) is 1. The largest absolute Gasteiger partial charge is 0.490 e. The number of hydrogen-bond acceptors (Lipinski definition) is 4. The van der Waals surface area contributed by atoms with E-state index >= 15 is 0 Å². The molecule has 0 spiro atoms. The van der Waals surface area contributed by atoms with Gasteiger partial charge in [-0.05, 0) is 54.8 Å². The Kier molecular flexibility index (Phi) is 8.03. The van der Waals surface area contributed by atoms with Crippen molar-refractivity contribution in [3.63, 3.8) is 0 Å². The number of anilines is 1. The summed E-state index contributed by atoms with van der Waals surface area (Å²) in [4.78, 5) is 24.1. The lowest BCUT2D eigenvalue weighted by atomic mass is 10.1. The van der Waals surface area contributed by atoms with Gasteiger partial charge in [-0.15, -0.1) is 0 Å². The molecule has 0 aliphatic rings. The first-order valence-electron chi connectivity index (χ1n) is 9.14. The highest BCUT2D eigenvalue weighted by Crippen LogP contribution is 2.14. The molecule has 2 aromatic rings. The van der Waals surface area contributed by atoms with Crippen molar-refractivity contribution in [2.75, 3.05) is 11.9 Å². The molecule has 0 saturated heterocycles. The first-order valence-corrected chi connectivity index (χ1v) is 9.14. The van der Waals surface area contributed by atoms with Gasteiger partial charge >= 0.3 is 5.97 Å². The molecule has 0 radical (unpaired) electrons. The van der Waals surface area contributed by atoms with E-state index in [-0.39, 0.29) is 5.91 Å². The molecule has 28 heavy (non-hydrogen) atoms. The fourth-order valence-corrected chi connectivity index (χ4v) is 2.33. The van der Waals surface area contributed by atoms with E-state index in [0.29, 0.717) is 12.3 Å². The second kappa shape index (κ2) is 10.7. The lowest BCUT2D eigenvalue weighted by Gasteiger charge is -2.12. The van der Waals surface area contributed by atoms with Crippen molar-refractivity contribution in [2.24, 2.45) is 0 Å². The molecule has 5 heteroatoms. The molecule has 0 heterocycles. The molecule has 0 bridgehead atoms. The lowest BCUT2D eigenvalue weighted by Crippen LogP contribution is -2.29. The van der Waals surface area contributed by atoms with Crippen LogP contribution in [0.1, 0.15) is 25.0 Å². The van der Waals surface area contributed by atoms with Crippen LogP contribution in [0.5, 0.6) is 5.75 Å². The van der Waals surface area contributed by atoms with Crippen molar-refractivity contribution < 1.29 is 19.1 Å². The van der Waals surface area contributed by atoms with E-state index in [0.717, 1.165) is 17.7 Å². The fourth-order valence-electron chi connectivity index (χ4n) is 2.33. The van der Waals surface area contributed by atoms with Gasteiger partial charge in [0.1, 0.15) is 12.4 Å². The number of ether oxygens (including phenoxy) is 2. The number of carbonyl (C=O) groups is 2. The van der Waals surface area contributed by atoms with Crippen LogP contribution >= 0.6 is 0 Å². The molecule has 0 aromatic heterocycles. The molecule has 2 aromatic carbocycles. The average molecular weight is 379 g/mol. The van der Waals surface area contributed by atoms with Crippen molar-refractivity contribution in [2.45, 2.75) is 26.4 Å². The third kappa shape index (κ3) is 6.76. The Morgan fingerprint density at radius 3 is 2.39 bits per heavy atom. The molecule has 0 fully saturated rings. The van der Waals surface area contributed by atoms with Crippen LogP contribution in [0.3, 0.4) is 0 Å². The summed E-state index contributed by atoms with van der Waals surface area (Å²) in [5, 5.41) is 2.73.